The number of carbonyl (C=O) groups is 2. The van der Waals surface area contributed by atoms with Crippen molar-refractivity contribution in [3.05, 3.63) is 40.6 Å². The molecule has 0 unspecified atom stereocenters. The van der Waals surface area contributed by atoms with Crippen LogP contribution < -0.4 is 5.32 Å². The second-order valence-electron chi connectivity index (χ2n) is 4.76. The lowest BCUT2D eigenvalue weighted by molar-refractivity contribution is -0.136. The molecule has 2 rings (SSSR count). The topological polar surface area (TPSA) is 78.9 Å². The predicted molar refractivity (Wildman–Crippen MR) is 72.6 cm³/mol. The molecule has 6 nitrogen and oxygen atoms in total. The minimum Gasteiger partial charge on any atom is -0.466 e. The Morgan fingerprint density at radius 1 is 1.29 bits per heavy atom. The van der Waals surface area contributed by atoms with Crippen LogP contribution in [0.25, 0.3) is 0 Å². The van der Waals surface area contributed by atoms with Crippen molar-refractivity contribution in [2.24, 2.45) is 0 Å². The summed E-state index contributed by atoms with van der Waals surface area (Å²) in [6.07, 6.45) is 0. The Kier molecular flexibility index (Phi) is 5.07. The molecule has 1 aliphatic rings. The summed E-state index contributed by atoms with van der Waals surface area (Å²) in [7, 11) is 1.03. The number of hydrogen-bond donors (Lipinski definition) is 2. The molecule has 1 aromatic rings. The largest absolute Gasteiger partial charge is 0.466 e. The molecule has 0 radical (unpaired) electrons. The first-order valence-electron chi connectivity index (χ1n) is 6.63. The molecular weight excluding hydrogens is 336 g/mol. The summed E-state index contributed by atoms with van der Waals surface area (Å²) in [5, 5.41) is 10.9. The summed E-state index contributed by atoms with van der Waals surface area (Å²) < 4.78 is 58.2. The number of amides is 1. The second-order valence-corrected chi connectivity index (χ2v) is 4.76. The number of rotatable bonds is 5. The van der Waals surface area contributed by atoms with Gasteiger partial charge in [0, 0.05) is 12.6 Å². The number of benzene rings is 1. The van der Waals surface area contributed by atoms with Gasteiger partial charge in [0.05, 0.1) is 25.8 Å². The highest BCUT2D eigenvalue weighted by atomic mass is 19.2. The summed E-state index contributed by atoms with van der Waals surface area (Å²) in [6.45, 7) is -0.837. The summed E-state index contributed by atoms with van der Waals surface area (Å²) >= 11 is 0. The van der Waals surface area contributed by atoms with E-state index in [0.29, 0.717) is 0 Å². The lowest BCUT2D eigenvalue weighted by atomic mass is 10.2. The van der Waals surface area contributed by atoms with Gasteiger partial charge in [-0.05, 0) is 0 Å². The first kappa shape index (κ1) is 17.7. The summed E-state index contributed by atoms with van der Waals surface area (Å²) in [5.41, 5.74) is -1.93. The zero-order chi connectivity index (χ0) is 18.0. The van der Waals surface area contributed by atoms with E-state index in [1.165, 1.54) is 0 Å². The van der Waals surface area contributed by atoms with Crippen LogP contribution in [0.4, 0.5) is 23.2 Å². The van der Waals surface area contributed by atoms with Crippen molar-refractivity contribution in [1.82, 2.24) is 4.90 Å². The van der Waals surface area contributed by atoms with Crippen LogP contribution >= 0.6 is 0 Å². The van der Waals surface area contributed by atoms with Gasteiger partial charge in [-0.15, -0.1) is 0 Å². The number of aliphatic hydroxyl groups excluding tert-OH is 1. The molecule has 130 valence electrons. The average molecular weight is 348 g/mol. The highest BCUT2D eigenvalue weighted by Crippen LogP contribution is 2.28. The number of aliphatic hydroxyl groups is 1. The van der Waals surface area contributed by atoms with Crippen LogP contribution in [0.3, 0.4) is 0 Å². The zero-order valence-electron chi connectivity index (χ0n) is 12.3. The fourth-order valence-electron chi connectivity index (χ4n) is 2.15. The van der Waals surface area contributed by atoms with Gasteiger partial charge >= 0.3 is 5.97 Å². The number of esters is 1. The van der Waals surface area contributed by atoms with Crippen molar-refractivity contribution in [3.8, 4) is 0 Å². The van der Waals surface area contributed by atoms with Crippen LogP contribution in [0.2, 0.25) is 0 Å². The van der Waals surface area contributed by atoms with Gasteiger partial charge in [0.25, 0.3) is 5.91 Å². The van der Waals surface area contributed by atoms with E-state index >= 15 is 0 Å². The Morgan fingerprint density at radius 3 is 2.54 bits per heavy atom. The average Bonchev–Trinajstić information content (AvgIpc) is 2.85. The maximum Gasteiger partial charge on any atom is 0.337 e. The van der Waals surface area contributed by atoms with Crippen molar-refractivity contribution in [2.45, 2.75) is 0 Å². The Hall–Kier alpha value is -2.62. The molecule has 0 aromatic heterocycles. The SMILES string of the molecule is COC(=O)C1=C(Nc2c(F)cc(F)c(F)c2F)C(=O)N(CCO)C1. The molecule has 2 N–H and O–H groups in total. The van der Waals surface area contributed by atoms with E-state index in [-0.39, 0.29) is 24.7 Å². The van der Waals surface area contributed by atoms with Gasteiger partial charge in [-0.2, -0.15) is 0 Å². The monoisotopic (exact) mass is 348 g/mol. The molecule has 0 saturated carbocycles. The number of anilines is 1. The molecule has 0 saturated heterocycles. The number of carbonyl (C=O) groups excluding carboxylic acids is 2. The molecule has 1 aromatic carbocycles. The molecule has 24 heavy (non-hydrogen) atoms. The fourth-order valence-corrected chi connectivity index (χ4v) is 2.15. The molecule has 0 spiro atoms. The van der Waals surface area contributed by atoms with E-state index in [9.17, 15) is 27.2 Å². The van der Waals surface area contributed by atoms with Crippen LogP contribution in [0.15, 0.2) is 17.3 Å². The van der Waals surface area contributed by atoms with Gasteiger partial charge < -0.3 is 20.1 Å². The molecule has 1 heterocycles. The van der Waals surface area contributed by atoms with Crippen LogP contribution in [0.5, 0.6) is 0 Å². The van der Waals surface area contributed by atoms with Crippen molar-refractivity contribution >= 4 is 17.6 Å². The van der Waals surface area contributed by atoms with Gasteiger partial charge in [-0.3, -0.25) is 4.79 Å². The third kappa shape index (κ3) is 3.04. The smallest absolute Gasteiger partial charge is 0.337 e. The number of nitrogens with zero attached hydrogens (tertiary/aromatic N) is 1. The van der Waals surface area contributed by atoms with Crippen molar-refractivity contribution in [2.75, 3.05) is 32.1 Å². The van der Waals surface area contributed by atoms with Gasteiger partial charge in [0.1, 0.15) is 11.4 Å². The van der Waals surface area contributed by atoms with E-state index in [1.807, 2.05) is 5.32 Å². The van der Waals surface area contributed by atoms with Crippen molar-refractivity contribution in [3.63, 3.8) is 0 Å². The summed E-state index contributed by atoms with van der Waals surface area (Å²) in [6, 6.07) is 0.101. The lowest BCUT2D eigenvalue weighted by Gasteiger charge is -2.15. The highest BCUT2D eigenvalue weighted by molar-refractivity contribution is 6.08. The maximum atomic E-state index is 13.7. The number of β-amino-alcohol motifs (C(OH)–C–C–N with tert-alkyl or cyclic N) is 1. The number of methoxy groups -OCH3 is 1. The molecule has 0 atom stereocenters. The van der Waals surface area contributed by atoms with Crippen LogP contribution in [0, 0.1) is 23.3 Å². The van der Waals surface area contributed by atoms with Crippen LogP contribution in [0.1, 0.15) is 0 Å². The molecule has 0 fully saturated rings. The minimum absolute atomic E-state index is 0.101. The molecule has 10 heteroatoms. The first-order chi connectivity index (χ1) is 11.3. The fraction of sp³-hybridized carbons (Fsp3) is 0.286. The van der Waals surface area contributed by atoms with Gasteiger partial charge in [-0.1, -0.05) is 0 Å². The number of nitrogens with one attached hydrogen (secondary N) is 1. The molecule has 0 bridgehead atoms. The predicted octanol–water partition coefficient (Wildman–Crippen LogP) is 0.916. The van der Waals surface area contributed by atoms with E-state index < -0.39 is 53.1 Å². The van der Waals surface area contributed by atoms with E-state index in [2.05, 4.69) is 4.74 Å². The third-order valence-electron chi connectivity index (χ3n) is 3.32. The van der Waals surface area contributed by atoms with Crippen molar-refractivity contribution in [1.29, 1.82) is 0 Å². The maximum absolute atomic E-state index is 13.7. The normalized spacial score (nSPS) is 14.4. The van der Waals surface area contributed by atoms with Crippen LogP contribution in [-0.4, -0.2) is 48.7 Å². The van der Waals surface area contributed by atoms with Gasteiger partial charge in [-0.25, -0.2) is 22.4 Å². The van der Waals surface area contributed by atoms with Crippen LogP contribution in [-0.2, 0) is 14.3 Å². The Labute approximate surface area is 133 Å². The Balaban J connectivity index is 2.47. The minimum atomic E-state index is -1.93. The number of halogens is 4. The zero-order valence-corrected chi connectivity index (χ0v) is 12.3. The Morgan fingerprint density at radius 2 is 1.96 bits per heavy atom. The molecule has 1 amide bonds. The van der Waals surface area contributed by atoms with Gasteiger partial charge in [0.2, 0.25) is 0 Å². The highest BCUT2D eigenvalue weighted by Gasteiger charge is 2.35. The molecule has 1 aliphatic heterocycles. The number of hydrogen-bond acceptors (Lipinski definition) is 5. The molecule has 0 aliphatic carbocycles. The third-order valence-corrected chi connectivity index (χ3v) is 3.32. The van der Waals surface area contributed by atoms with Crippen molar-refractivity contribution < 1.29 is 37.0 Å². The quantitative estimate of drug-likeness (QED) is 0.358. The van der Waals surface area contributed by atoms with E-state index in [0.717, 1.165) is 12.0 Å². The first-order valence-corrected chi connectivity index (χ1v) is 6.63. The van der Waals surface area contributed by atoms with E-state index in [1.54, 1.807) is 0 Å². The number of ether oxygens (including phenoxy) is 1. The summed E-state index contributed by atoms with van der Waals surface area (Å²) in [4.78, 5) is 24.9. The Bertz CT molecular complexity index is 736. The molecular formula is C14H12F4N2O4. The lowest BCUT2D eigenvalue weighted by Crippen LogP contribution is -2.31. The summed E-state index contributed by atoms with van der Waals surface area (Å²) in [5.74, 6) is -8.84. The second kappa shape index (κ2) is 6.87. The standard InChI is InChI=1S/C14H12F4N2O4/c1-24-14(23)6-5-20(2-3-21)13(22)11(6)19-12-8(16)4-7(15)9(17)10(12)18/h4,19,21H,2-3,5H2,1H3. The van der Waals surface area contributed by atoms with E-state index in [4.69, 9.17) is 5.11 Å². The van der Waals surface area contributed by atoms with Gasteiger partial charge in [0.15, 0.2) is 23.3 Å².